The maximum Gasteiger partial charge on any atom is 0.245 e. The second-order valence-corrected chi connectivity index (χ2v) is 16.0. The summed E-state index contributed by atoms with van der Waals surface area (Å²) in [5, 5.41) is 4.10. The first kappa shape index (κ1) is 44.7. The topological polar surface area (TPSA) is 126 Å². The van der Waals surface area contributed by atoms with Gasteiger partial charge in [0, 0.05) is 29.6 Å². The highest BCUT2D eigenvalue weighted by Crippen LogP contribution is 2.37. The zero-order chi connectivity index (χ0) is 44.1. The van der Waals surface area contributed by atoms with Crippen LogP contribution < -0.4 is 5.32 Å². The molecule has 0 aliphatic carbocycles. The number of carbonyl (C=O) groups is 2. The van der Waals surface area contributed by atoms with Gasteiger partial charge in [0.1, 0.15) is 29.0 Å². The number of nitrogens with zero attached hydrogens (tertiary/aromatic N) is 5. The van der Waals surface area contributed by atoms with Gasteiger partial charge in [0.25, 0.3) is 0 Å². The third-order valence-electron chi connectivity index (χ3n) is 11.8. The van der Waals surface area contributed by atoms with Crippen molar-refractivity contribution in [2.45, 2.75) is 78.9 Å². The zero-order valence-electron chi connectivity index (χ0n) is 37.4. The minimum atomic E-state index is -0.325. The van der Waals surface area contributed by atoms with Crippen LogP contribution in [0.1, 0.15) is 88.7 Å². The summed E-state index contributed by atoms with van der Waals surface area (Å²) in [4.78, 5) is 50.0. The molecule has 1 fully saturated rings. The van der Waals surface area contributed by atoms with E-state index in [1.165, 1.54) is 0 Å². The van der Waals surface area contributed by atoms with Crippen molar-refractivity contribution in [1.29, 1.82) is 0 Å². The highest BCUT2D eigenvalue weighted by molar-refractivity contribution is 5.87. The Morgan fingerprint density at radius 3 is 2.14 bits per heavy atom. The molecule has 2 amide bonds. The standard InChI is InChI=1S/C48H51N7O3.C4H11N/c1-4-25-54(45(56)27-33-14-9-7-10-15-33)32-44-49-30-39(51-44)34-19-21-35(22-20-34)43-29-38-28-37(23-24-42(38)58-43)40-31-50-47(52-40)41-18-13-26-55(41)48(57)46(53(5-2)6-3)36-16-11-8-12-17-36;1-3-5-4-2/h7-12,14-17,19-24,28-31,41,46H,4-6,13,18,25-27,32H2,1-3H3,(H,49,51)(H,50,52);5H,3-4H2,1-2H3. The van der Waals surface area contributed by atoms with E-state index in [1.54, 1.807) is 0 Å². The lowest BCUT2D eigenvalue weighted by Crippen LogP contribution is -2.43. The van der Waals surface area contributed by atoms with E-state index in [2.05, 4.69) is 108 Å². The second kappa shape index (κ2) is 21.7. The number of fused-ring (bicyclic) bond motifs is 1. The zero-order valence-corrected chi connectivity index (χ0v) is 37.4. The maximum atomic E-state index is 14.3. The number of hydrogen-bond donors (Lipinski definition) is 3. The Morgan fingerprint density at radius 2 is 1.46 bits per heavy atom. The number of nitrogens with one attached hydrogen (secondary N) is 3. The number of likely N-dealkylation sites (tertiary alicyclic amines) is 1. The van der Waals surface area contributed by atoms with Gasteiger partial charge in [-0.1, -0.05) is 120 Å². The molecular formula is C52H62N8O3. The fourth-order valence-electron chi connectivity index (χ4n) is 8.49. The van der Waals surface area contributed by atoms with E-state index in [1.807, 2.05) is 82.9 Å². The molecule has 11 heteroatoms. The van der Waals surface area contributed by atoms with Crippen LogP contribution >= 0.6 is 0 Å². The van der Waals surface area contributed by atoms with Crippen LogP contribution in [0.4, 0.5) is 0 Å². The predicted molar refractivity (Wildman–Crippen MR) is 253 cm³/mol. The number of amides is 2. The van der Waals surface area contributed by atoms with Crippen LogP contribution in [-0.4, -0.2) is 85.7 Å². The summed E-state index contributed by atoms with van der Waals surface area (Å²) in [6, 6.07) is 36.0. The van der Waals surface area contributed by atoms with Crippen molar-refractivity contribution in [3.8, 4) is 33.8 Å². The number of rotatable bonds is 17. The average molecular weight is 847 g/mol. The first-order chi connectivity index (χ1) is 30.8. The number of imidazole rings is 2. The minimum absolute atomic E-state index is 0.0926. The Labute approximate surface area is 372 Å². The van der Waals surface area contributed by atoms with Crippen LogP contribution in [0.3, 0.4) is 0 Å². The molecular weight excluding hydrogens is 785 g/mol. The Morgan fingerprint density at radius 1 is 0.794 bits per heavy atom. The Hall–Kier alpha value is -6.30. The van der Waals surface area contributed by atoms with E-state index in [9.17, 15) is 9.59 Å². The van der Waals surface area contributed by atoms with Gasteiger partial charge in [0.2, 0.25) is 11.8 Å². The van der Waals surface area contributed by atoms with Gasteiger partial charge in [0.05, 0.1) is 42.8 Å². The molecule has 63 heavy (non-hydrogen) atoms. The highest BCUT2D eigenvalue weighted by Gasteiger charge is 2.38. The van der Waals surface area contributed by atoms with Crippen molar-refractivity contribution in [2.24, 2.45) is 0 Å². The quantitative estimate of drug-likeness (QED) is 0.0833. The molecule has 1 saturated heterocycles. The largest absolute Gasteiger partial charge is 0.456 e. The maximum absolute atomic E-state index is 14.3. The van der Waals surface area contributed by atoms with Gasteiger partial charge < -0.3 is 29.5 Å². The van der Waals surface area contributed by atoms with Crippen molar-refractivity contribution < 1.29 is 14.0 Å². The van der Waals surface area contributed by atoms with Gasteiger partial charge in [-0.3, -0.25) is 14.5 Å². The van der Waals surface area contributed by atoms with Crippen LogP contribution in [0.25, 0.3) is 44.8 Å². The summed E-state index contributed by atoms with van der Waals surface area (Å²) < 4.78 is 6.32. The monoisotopic (exact) mass is 846 g/mol. The molecule has 3 N–H and O–H groups in total. The second-order valence-electron chi connectivity index (χ2n) is 16.0. The van der Waals surface area contributed by atoms with Crippen LogP contribution in [-0.2, 0) is 22.6 Å². The van der Waals surface area contributed by atoms with Crippen molar-refractivity contribution in [2.75, 3.05) is 39.3 Å². The molecule has 7 aromatic rings. The number of likely N-dealkylation sites (N-methyl/N-ethyl adjacent to an activating group) is 1. The number of furan rings is 1. The molecule has 8 rings (SSSR count). The molecule has 2 atom stereocenters. The summed E-state index contributed by atoms with van der Waals surface area (Å²) in [6.45, 7) is 16.1. The molecule has 0 radical (unpaired) electrons. The normalized spacial score (nSPS) is 14.2. The van der Waals surface area contributed by atoms with Crippen LogP contribution in [0.5, 0.6) is 0 Å². The van der Waals surface area contributed by atoms with E-state index < -0.39 is 0 Å². The fourth-order valence-corrected chi connectivity index (χ4v) is 8.49. The smallest absolute Gasteiger partial charge is 0.245 e. The summed E-state index contributed by atoms with van der Waals surface area (Å²) in [5.41, 5.74) is 7.61. The molecule has 0 bridgehead atoms. The van der Waals surface area contributed by atoms with Crippen LogP contribution in [0, 0.1) is 0 Å². The highest BCUT2D eigenvalue weighted by atomic mass is 16.3. The van der Waals surface area contributed by atoms with Gasteiger partial charge in [0.15, 0.2) is 0 Å². The van der Waals surface area contributed by atoms with Crippen molar-refractivity contribution in [1.82, 2.24) is 40.0 Å². The first-order valence-corrected chi connectivity index (χ1v) is 22.7. The third kappa shape index (κ3) is 10.8. The number of carbonyl (C=O) groups excluding carboxylic acids is 2. The number of aromatic nitrogens is 4. The van der Waals surface area contributed by atoms with Crippen LogP contribution in [0.15, 0.2) is 126 Å². The van der Waals surface area contributed by atoms with Gasteiger partial charge >= 0.3 is 0 Å². The number of hydrogen-bond acceptors (Lipinski definition) is 7. The van der Waals surface area contributed by atoms with Gasteiger partial charge in [-0.25, -0.2) is 9.97 Å². The average Bonchev–Trinajstić information content (AvgIpc) is 4.16. The SMILES string of the molecule is CCCN(Cc1ncc(-c2ccc(-c3cc4cc(-c5cnc(C6CCCN6C(=O)C(c6ccccc6)N(CC)CC)[nH]5)ccc4o3)cc2)[nH]1)C(=O)Cc1ccccc1.CCNCC. The molecule has 2 unspecified atom stereocenters. The molecule has 4 heterocycles. The summed E-state index contributed by atoms with van der Waals surface area (Å²) in [6.07, 6.45) is 6.77. The Bertz CT molecular complexity index is 2500. The number of benzene rings is 4. The molecule has 4 aromatic carbocycles. The lowest BCUT2D eigenvalue weighted by Gasteiger charge is -2.34. The molecule has 11 nitrogen and oxygen atoms in total. The fraction of sp³-hybridized carbons (Fsp3) is 0.346. The van der Waals surface area contributed by atoms with E-state index in [-0.39, 0.29) is 23.9 Å². The van der Waals surface area contributed by atoms with E-state index >= 15 is 0 Å². The predicted octanol–water partition coefficient (Wildman–Crippen LogP) is 10.2. The van der Waals surface area contributed by atoms with Crippen molar-refractivity contribution in [3.05, 3.63) is 144 Å². The summed E-state index contributed by atoms with van der Waals surface area (Å²) in [7, 11) is 0. The summed E-state index contributed by atoms with van der Waals surface area (Å²) in [5.74, 6) is 2.58. The van der Waals surface area contributed by atoms with E-state index in [0.29, 0.717) is 26.1 Å². The number of H-pyrrole nitrogens is 2. The summed E-state index contributed by atoms with van der Waals surface area (Å²) >= 11 is 0. The Kier molecular flexibility index (Phi) is 15.4. The van der Waals surface area contributed by atoms with Gasteiger partial charge in [-0.15, -0.1) is 0 Å². The first-order valence-electron chi connectivity index (χ1n) is 22.7. The minimum Gasteiger partial charge on any atom is -0.456 e. The van der Waals surface area contributed by atoms with Crippen molar-refractivity contribution >= 4 is 22.8 Å². The lowest BCUT2D eigenvalue weighted by atomic mass is 10.0. The van der Waals surface area contributed by atoms with E-state index in [4.69, 9.17) is 9.40 Å². The molecule has 328 valence electrons. The molecule has 1 aliphatic rings. The Balaban J connectivity index is 0.00000113. The van der Waals surface area contributed by atoms with Gasteiger partial charge in [-0.2, -0.15) is 0 Å². The lowest BCUT2D eigenvalue weighted by molar-refractivity contribution is -0.138. The molecule has 3 aromatic heterocycles. The molecule has 0 spiro atoms. The molecule has 1 aliphatic heterocycles. The molecule has 0 saturated carbocycles. The van der Waals surface area contributed by atoms with Crippen molar-refractivity contribution in [3.63, 3.8) is 0 Å². The van der Waals surface area contributed by atoms with E-state index in [0.717, 1.165) is 113 Å². The van der Waals surface area contributed by atoms with Gasteiger partial charge in [-0.05, 0) is 86.4 Å². The van der Waals surface area contributed by atoms with Crippen LogP contribution in [0.2, 0.25) is 0 Å². The number of aromatic amines is 2. The third-order valence-corrected chi connectivity index (χ3v) is 11.8.